The molecule has 1 aromatic carbocycles. The highest BCUT2D eigenvalue weighted by Gasteiger charge is 2.25. The van der Waals surface area contributed by atoms with Gasteiger partial charge in [0, 0.05) is 18.3 Å². The number of nitrogens with one attached hydrogen (secondary N) is 1. The molecule has 0 atom stereocenters. The second-order valence-corrected chi connectivity index (χ2v) is 8.02. The maximum Gasteiger partial charge on any atom is 0.240 e. The van der Waals surface area contributed by atoms with Crippen LogP contribution < -0.4 is 10.5 Å². The summed E-state index contributed by atoms with van der Waals surface area (Å²) in [5.74, 6) is -0.633. The first kappa shape index (κ1) is 19.8. The van der Waals surface area contributed by atoms with Gasteiger partial charge >= 0.3 is 0 Å². The number of rotatable bonds is 4. The van der Waals surface area contributed by atoms with E-state index in [1.807, 2.05) is 6.92 Å². The number of hydrogen-bond donors (Lipinski definition) is 2. The minimum atomic E-state index is -3.75. The van der Waals surface area contributed by atoms with Crippen molar-refractivity contribution in [3.05, 3.63) is 42.0 Å². The topological polar surface area (TPSA) is 90.0 Å². The number of nitrogens with two attached hydrogens (primary N) is 1. The molecule has 1 saturated carbocycles. The Morgan fingerprint density at radius 3 is 2.52 bits per heavy atom. The molecular formula is C16H22ClFN4O2S. The Morgan fingerprint density at radius 1 is 1.28 bits per heavy atom. The molecule has 6 nitrogen and oxygen atoms in total. The highest BCUT2D eigenvalue weighted by Crippen LogP contribution is 2.22. The van der Waals surface area contributed by atoms with Crippen molar-refractivity contribution in [1.82, 2.24) is 14.5 Å². The van der Waals surface area contributed by atoms with Crippen molar-refractivity contribution in [3.63, 3.8) is 0 Å². The number of aryl methyl sites for hydroxylation is 1. The summed E-state index contributed by atoms with van der Waals surface area (Å²) in [6, 6.07) is 3.84. The Morgan fingerprint density at radius 2 is 1.96 bits per heavy atom. The molecule has 1 aliphatic carbocycles. The van der Waals surface area contributed by atoms with Gasteiger partial charge in [-0.2, -0.15) is 5.10 Å². The number of nitrogens with zero attached hydrogens (tertiary/aromatic N) is 2. The third-order valence-electron chi connectivity index (χ3n) is 4.28. The van der Waals surface area contributed by atoms with Crippen LogP contribution in [0.2, 0.25) is 0 Å². The lowest BCUT2D eigenvalue weighted by Crippen LogP contribution is -2.40. The van der Waals surface area contributed by atoms with Gasteiger partial charge in [-0.3, -0.25) is 0 Å². The van der Waals surface area contributed by atoms with Crippen LogP contribution in [0.3, 0.4) is 0 Å². The fourth-order valence-electron chi connectivity index (χ4n) is 2.91. The molecule has 3 N–H and O–H groups in total. The summed E-state index contributed by atoms with van der Waals surface area (Å²) >= 11 is 0. The minimum absolute atomic E-state index is 0. The van der Waals surface area contributed by atoms with Gasteiger partial charge in [0.1, 0.15) is 11.5 Å². The number of halogens is 2. The summed E-state index contributed by atoms with van der Waals surface area (Å²) in [6.45, 7) is 1.85. The standard InChI is InChI=1S/C16H21FN4O2S.ClH/c1-11-9-19-21(10-11)16-7-6-14(8-15(16)17)24(22,23)20-13-4-2-12(18)3-5-13;/h6-10,12-13,20H,2-5,18H2,1H3;1H. The molecule has 0 aliphatic heterocycles. The van der Waals surface area contributed by atoms with E-state index in [-0.39, 0.29) is 35.1 Å². The number of benzene rings is 1. The highest BCUT2D eigenvalue weighted by molar-refractivity contribution is 7.89. The van der Waals surface area contributed by atoms with Gasteiger partial charge in [-0.05, 0) is 56.4 Å². The number of hydrogen-bond acceptors (Lipinski definition) is 4. The summed E-state index contributed by atoms with van der Waals surface area (Å²) in [7, 11) is -3.75. The van der Waals surface area contributed by atoms with E-state index in [2.05, 4.69) is 9.82 Å². The van der Waals surface area contributed by atoms with Crippen LogP contribution in [0.15, 0.2) is 35.5 Å². The van der Waals surface area contributed by atoms with E-state index in [0.717, 1.165) is 24.5 Å². The quantitative estimate of drug-likeness (QED) is 0.840. The molecule has 0 radical (unpaired) electrons. The summed E-state index contributed by atoms with van der Waals surface area (Å²) in [6.07, 6.45) is 6.27. The van der Waals surface area contributed by atoms with E-state index in [1.54, 1.807) is 12.4 Å². The SMILES string of the molecule is Cc1cnn(-c2ccc(S(=O)(=O)NC3CCC(N)CC3)cc2F)c1.Cl. The number of sulfonamides is 1. The largest absolute Gasteiger partial charge is 0.328 e. The van der Waals surface area contributed by atoms with Crippen molar-refractivity contribution in [2.75, 3.05) is 0 Å². The molecule has 0 amide bonds. The van der Waals surface area contributed by atoms with Gasteiger partial charge in [-0.25, -0.2) is 22.2 Å². The molecule has 1 aliphatic rings. The van der Waals surface area contributed by atoms with Crippen molar-refractivity contribution in [2.24, 2.45) is 5.73 Å². The normalized spacial score (nSPS) is 20.9. The lowest BCUT2D eigenvalue weighted by molar-refractivity contribution is 0.373. The van der Waals surface area contributed by atoms with Gasteiger partial charge in [0.15, 0.2) is 0 Å². The van der Waals surface area contributed by atoms with Gasteiger partial charge in [-0.1, -0.05) is 0 Å². The lowest BCUT2D eigenvalue weighted by Gasteiger charge is -2.26. The van der Waals surface area contributed by atoms with Crippen LogP contribution in [0, 0.1) is 12.7 Å². The second kappa shape index (κ2) is 7.82. The van der Waals surface area contributed by atoms with Gasteiger partial charge in [0.25, 0.3) is 0 Å². The Labute approximate surface area is 153 Å². The van der Waals surface area contributed by atoms with E-state index in [9.17, 15) is 12.8 Å². The fourth-order valence-corrected chi connectivity index (χ4v) is 4.23. The summed E-state index contributed by atoms with van der Waals surface area (Å²) in [5.41, 5.74) is 6.94. The molecule has 3 rings (SSSR count). The van der Waals surface area contributed by atoms with Crippen LogP contribution in [0.25, 0.3) is 5.69 Å². The first-order valence-corrected chi connectivity index (χ1v) is 9.42. The predicted molar refractivity (Wildman–Crippen MR) is 96.1 cm³/mol. The molecule has 25 heavy (non-hydrogen) atoms. The van der Waals surface area contributed by atoms with Crippen molar-refractivity contribution in [1.29, 1.82) is 0 Å². The first-order valence-electron chi connectivity index (χ1n) is 7.94. The van der Waals surface area contributed by atoms with E-state index >= 15 is 0 Å². The number of aromatic nitrogens is 2. The van der Waals surface area contributed by atoms with Crippen LogP contribution >= 0.6 is 12.4 Å². The zero-order chi connectivity index (χ0) is 17.3. The van der Waals surface area contributed by atoms with Gasteiger partial charge in [-0.15, -0.1) is 12.4 Å². The van der Waals surface area contributed by atoms with E-state index < -0.39 is 15.8 Å². The maximum atomic E-state index is 14.3. The first-order chi connectivity index (χ1) is 11.3. The third kappa shape index (κ3) is 4.58. The summed E-state index contributed by atoms with van der Waals surface area (Å²) in [5, 5.41) is 4.04. The average molecular weight is 389 g/mol. The van der Waals surface area contributed by atoms with Crippen molar-refractivity contribution < 1.29 is 12.8 Å². The van der Waals surface area contributed by atoms with Gasteiger partial charge < -0.3 is 5.73 Å². The Bertz CT molecular complexity index is 832. The van der Waals surface area contributed by atoms with Crippen LogP contribution in [-0.4, -0.2) is 30.3 Å². The predicted octanol–water partition coefficient (Wildman–Crippen LogP) is 2.29. The maximum absolute atomic E-state index is 14.3. The van der Waals surface area contributed by atoms with E-state index in [0.29, 0.717) is 12.8 Å². The molecule has 1 aromatic heterocycles. The zero-order valence-electron chi connectivity index (χ0n) is 13.9. The summed E-state index contributed by atoms with van der Waals surface area (Å²) < 4.78 is 43.3. The average Bonchev–Trinajstić information content (AvgIpc) is 2.95. The van der Waals surface area contributed by atoms with Crippen molar-refractivity contribution in [3.8, 4) is 5.69 Å². The van der Waals surface area contributed by atoms with Crippen molar-refractivity contribution >= 4 is 22.4 Å². The molecule has 1 heterocycles. The third-order valence-corrected chi connectivity index (χ3v) is 5.80. The molecule has 9 heteroatoms. The molecular weight excluding hydrogens is 367 g/mol. The Kier molecular flexibility index (Phi) is 6.21. The fraction of sp³-hybridized carbons (Fsp3) is 0.438. The molecule has 0 saturated heterocycles. The molecule has 0 unspecified atom stereocenters. The molecule has 0 bridgehead atoms. The molecule has 138 valence electrons. The monoisotopic (exact) mass is 388 g/mol. The minimum Gasteiger partial charge on any atom is -0.328 e. The summed E-state index contributed by atoms with van der Waals surface area (Å²) in [4.78, 5) is -0.0810. The Hall–Kier alpha value is -1.48. The molecule has 1 fully saturated rings. The highest BCUT2D eigenvalue weighted by atomic mass is 35.5. The zero-order valence-corrected chi connectivity index (χ0v) is 15.5. The second-order valence-electron chi connectivity index (χ2n) is 6.31. The van der Waals surface area contributed by atoms with Crippen LogP contribution in [-0.2, 0) is 10.0 Å². The smallest absolute Gasteiger partial charge is 0.240 e. The van der Waals surface area contributed by atoms with E-state index in [4.69, 9.17) is 5.73 Å². The molecule has 2 aromatic rings. The van der Waals surface area contributed by atoms with Crippen LogP contribution in [0.5, 0.6) is 0 Å². The van der Waals surface area contributed by atoms with Crippen molar-refractivity contribution in [2.45, 2.75) is 49.6 Å². The lowest BCUT2D eigenvalue weighted by atomic mass is 9.93. The molecule has 0 spiro atoms. The Balaban J connectivity index is 0.00000225. The van der Waals surface area contributed by atoms with Gasteiger partial charge in [0.05, 0.1) is 11.1 Å². The van der Waals surface area contributed by atoms with Gasteiger partial charge in [0.2, 0.25) is 10.0 Å². The van der Waals surface area contributed by atoms with Crippen LogP contribution in [0.1, 0.15) is 31.2 Å². The van der Waals surface area contributed by atoms with E-state index in [1.165, 1.54) is 16.8 Å². The van der Waals surface area contributed by atoms with Crippen LogP contribution in [0.4, 0.5) is 4.39 Å².